The number of piperazine rings is 1. The van der Waals surface area contributed by atoms with Crippen LogP contribution in [0.15, 0.2) is 18.2 Å². The lowest BCUT2D eigenvalue weighted by atomic mass is 10.1. The summed E-state index contributed by atoms with van der Waals surface area (Å²) >= 11 is 5.80. The van der Waals surface area contributed by atoms with Gasteiger partial charge in [0.25, 0.3) is 0 Å². The van der Waals surface area contributed by atoms with Crippen molar-refractivity contribution in [3.63, 3.8) is 0 Å². The quantitative estimate of drug-likeness (QED) is 0.913. The van der Waals surface area contributed by atoms with Gasteiger partial charge in [0, 0.05) is 37.1 Å². The third kappa shape index (κ3) is 4.91. The molecule has 1 aliphatic heterocycles. The first-order chi connectivity index (χ1) is 10.9. The molecule has 126 valence electrons. The summed E-state index contributed by atoms with van der Waals surface area (Å²) < 4.78 is 13.6. The van der Waals surface area contributed by atoms with Crippen molar-refractivity contribution in [2.24, 2.45) is 5.92 Å². The van der Waals surface area contributed by atoms with Crippen molar-refractivity contribution in [3.05, 3.63) is 29.0 Å². The van der Waals surface area contributed by atoms with Crippen LogP contribution in [0.5, 0.6) is 0 Å². The molecule has 1 heterocycles. The number of amides is 2. The molecule has 0 aliphatic carbocycles. The number of nitrogens with zero attached hydrogens (tertiary/aromatic N) is 2. The Morgan fingerprint density at radius 2 is 1.91 bits per heavy atom. The summed E-state index contributed by atoms with van der Waals surface area (Å²) in [6, 6.07) is 4.03. The number of benzene rings is 1. The maximum absolute atomic E-state index is 13.6. The molecule has 0 atom stereocenters. The zero-order valence-corrected chi connectivity index (χ0v) is 14.1. The summed E-state index contributed by atoms with van der Waals surface area (Å²) in [7, 11) is 0. The Morgan fingerprint density at radius 1 is 1.26 bits per heavy atom. The SMILES string of the molecule is CC(C)C(=O)N1CCN(CC(=O)Nc2cc(Cl)ccc2F)CC1. The fraction of sp³-hybridized carbons (Fsp3) is 0.500. The highest BCUT2D eigenvalue weighted by atomic mass is 35.5. The second-order valence-electron chi connectivity index (χ2n) is 5.93. The van der Waals surface area contributed by atoms with Crippen LogP contribution in [0, 0.1) is 11.7 Å². The topological polar surface area (TPSA) is 52.7 Å². The molecule has 1 saturated heterocycles. The summed E-state index contributed by atoms with van der Waals surface area (Å²) in [4.78, 5) is 27.7. The lowest BCUT2D eigenvalue weighted by Gasteiger charge is -2.35. The van der Waals surface area contributed by atoms with Crippen LogP contribution < -0.4 is 5.32 Å². The van der Waals surface area contributed by atoms with E-state index in [1.54, 1.807) is 0 Å². The Bertz CT molecular complexity index is 587. The first-order valence-electron chi connectivity index (χ1n) is 7.63. The van der Waals surface area contributed by atoms with Gasteiger partial charge in [-0.15, -0.1) is 0 Å². The molecule has 0 saturated carbocycles. The minimum Gasteiger partial charge on any atom is -0.340 e. The smallest absolute Gasteiger partial charge is 0.238 e. The van der Waals surface area contributed by atoms with Crippen LogP contribution in [-0.4, -0.2) is 54.3 Å². The van der Waals surface area contributed by atoms with Crippen molar-refractivity contribution >= 4 is 29.1 Å². The molecule has 2 amide bonds. The van der Waals surface area contributed by atoms with E-state index in [2.05, 4.69) is 5.32 Å². The number of anilines is 1. The molecule has 1 aromatic carbocycles. The van der Waals surface area contributed by atoms with Crippen molar-refractivity contribution < 1.29 is 14.0 Å². The monoisotopic (exact) mass is 341 g/mol. The third-order valence-corrected chi connectivity index (χ3v) is 3.98. The van der Waals surface area contributed by atoms with Gasteiger partial charge in [-0.3, -0.25) is 14.5 Å². The van der Waals surface area contributed by atoms with Crippen molar-refractivity contribution in [2.45, 2.75) is 13.8 Å². The van der Waals surface area contributed by atoms with Crippen LogP contribution in [-0.2, 0) is 9.59 Å². The van der Waals surface area contributed by atoms with Gasteiger partial charge in [0.1, 0.15) is 5.82 Å². The number of hydrogen-bond acceptors (Lipinski definition) is 3. The molecule has 2 rings (SSSR count). The maximum Gasteiger partial charge on any atom is 0.238 e. The van der Waals surface area contributed by atoms with Crippen LogP contribution in [0.4, 0.5) is 10.1 Å². The van der Waals surface area contributed by atoms with Crippen molar-refractivity contribution in [3.8, 4) is 0 Å². The highest BCUT2D eigenvalue weighted by Gasteiger charge is 2.24. The van der Waals surface area contributed by atoms with E-state index in [9.17, 15) is 14.0 Å². The van der Waals surface area contributed by atoms with Crippen LogP contribution in [0.1, 0.15) is 13.8 Å². The summed E-state index contributed by atoms with van der Waals surface area (Å²) in [6.45, 7) is 6.39. The third-order valence-electron chi connectivity index (χ3n) is 3.75. The predicted molar refractivity (Wildman–Crippen MR) is 87.9 cm³/mol. The summed E-state index contributed by atoms with van der Waals surface area (Å²) in [5.74, 6) is -0.698. The fourth-order valence-corrected chi connectivity index (χ4v) is 2.65. The standard InChI is InChI=1S/C16H21ClFN3O2/c1-11(2)16(23)21-7-5-20(6-8-21)10-15(22)19-14-9-12(17)3-4-13(14)18/h3-4,9,11H,5-8,10H2,1-2H3,(H,19,22). The molecular formula is C16H21ClFN3O2. The number of carbonyl (C=O) groups excluding carboxylic acids is 2. The molecule has 1 aromatic rings. The van der Waals surface area contributed by atoms with E-state index < -0.39 is 5.82 Å². The number of nitrogens with one attached hydrogen (secondary N) is 1. The van der Waals surface area contributed by atoms with Gasteiger partial charge in [-0.2, -0.15) is 0 Å². The Morgan fingerprint density at radius 3 is 2.52 bits per heavy atom. The Kier molecular flexibility index (Phi) is 5.96. The van der Waals surface area contributed by atoms with Gasteiger partial charge in [-0.25, -0.2) is 4.39 Å². The highest BCUT2D eigenvalue weighted by molar-refractivity contribution is 6.30. The molecule has 0 radical (unpaired) electrons. The minimum atomic E-state index is -0.518. The van der Waals surface area contributed by atoms with Crippen molar-refractivity contribution in [1.29, 1.82) is 0 Å². The Hall–Kier alpha value is -1.66. The van der Waals surface area contributed by atoms with E-state index in [4.69, 9.17) is 11.6 Å². The number of carbonyl (C=O) groups is 2. The normalized spacial score (nSPS) is 15.8. The molecule has 1 aliphatic rings. The summed E-state index contributed by atoms with van der Waals surface area (Å²) in [5.41, 5.74) is 0.0797. The van der Waals surface area contributed by atoms with Gasteiger partial charge in [0.05, 0.1) is 12.2 Å². The average Bonchev–Trinajstić information content (AvgIpc) is 2.51. The van der Waals surface area contributed by atoms with E-state index >= 15 is 0 Å². The van der Waals surface area contributed by atoms with Gasteiger partial charge in [-0.05, 0) is 18.2 Å². The van der Waals surface area contributed by atoms with Gasteiger partial charge in [-0.1, -0.05) is 25.4 Å². The van der Waals surface area contributed by atoms with E-state index in [1.807, 2.05) is 23.6 Å². The van der Waals surface area contributed by atoms with Crippen LogP contribution in [0.2, 0.25) is 5.02 Å². The molecule has 0 bridgehead atoms. The Labute approximate surface area is 140 Å². The van der Waals surface area contributed by atoms with E-state index in [0.29, 0.717) is 31.2 Å². The first kappa shape index (κ1) is 17.7. The second kappa shape index (κ2) is 7.75. The van der Waals surface area contributed by atoms with Crippen LogP contribution in [0.25, 0.3) is 0 Å². The van der Waals surface area contributed by atoms with Crippen LogP contribution >= 0.6 is 11.6 Å². The molecule has 0 unspecified atom stereocenters. The highest BCUT2D eigenvalue weighted by Crippen LogP contribution is 2.19. The zero-order chi connectivity index (χ0) is 17.0. The Balaban J connectivity index is 1.83. The minimum absolute atomic E-state index is 0.0179. The van der Waals surface area contributed by atoms with Gasteiger partial charge in [0.15, 0.2) is 0 Å². The zero-order valence-electron chi connectivity index (χ0n) is 13.3. The molecular weight excluding hydrogens is 321 g/mol. The van der Waals surface area contributed by atoms with Gasteiger partial charge in [0.2, 0.25) is 11.8 Å². The molecule has 1 N–H and O–H groups in total. The maximum atomic E-state index is 13.6. The largest absolute Gasteiger partial charge is 0.340 e. The molecule has 5 nitrogen and oxygen atoms in total. The lowest BCUT2D eigenvalue weighted by Crippen LogP contribution is -2.51. The van der Waals surface area contributed by atoms with E-state index in [1.165, 1.54) is 18.2 Å². The molecule has 0 aromatic heterocycles. The first-order valence-corrected chi connectivity index (χ1v) is 8.00. The van der Waals surface area contributed by atoms with E-state index in [-0.39, 0.29) is 30.0 Å². The molecule has 7 heteroatoms. The second-order valence-corrected chi connectivity index (χ2v) is 6.36. The van der Waals surface area contributed by atoms with Crippen molar-refractivity contribution in [1.82, 2.24) is 9.80 Å². The van der Waals surface area contributed by atoms with Crippen LogP contribution in [0.3, 0.4) is 0 Å². The summed E-state index contributed by atoms with van der Waals surface area (Å²) in [6.07, 6.45) is 0. The summed E-state index contributed by atoms with van der Waals surface area (Å²) in [5, 5.41) is 2.89. The molecule has 0 spiro atoms. The average molecular weight is 342 g/mol. The predicted octanol–water partition coefficient (Wildman–Crippen LogP) is 2.22. The number of hydrogen-bond donors (Lipinski definition) is 1. The molecule has 23 heavy (non-hydrogen) atoms. The van der Waals surface area contributed by atoms with Crippen molar-refractivity contribution in [2.75, 3.05) is 38.0 Å². The van der Waals surface area contributed by atoms with E-state index in [0.717, 1.165) is 0 Å². The number of rotatable bonds is 4. The lowest BCUT2D eigenvalue weighted by molar-refractivity contribution is -0.136. The molecule has 1 fully saturated rings. The fourth-order valence-electron chi connectivity index (χ4n) is 2.48. The van der Waals surface area contributed by atoms with Gasteiger partial charge < -0.3 is 10.2 Å². The number of halogens is 2. The van der Waals surface area contributed by atoms with Gasteiger partial charge >= 0.3 is 0 Å².